The van der Waals surface area contributed by atoms with E-state index >= 15 is 0 Å². The monoisotopic (exact) mass is 367 g/mol. The summed E-state index contributed by atoms with van der Waals surface area (Å²) in [7, 11) is 1.47. The second-order valence-electron chi connectivity index (χ2n) is 5.80. The van der Waals surface area contributed by atoms with Gasteiger partial charge in [0.1, 0.15) is 22.9 Å². The number of benzene rings is 2. The molecule has 4 N–H and O–H groups in total. The van der Waals surface area contributed by atoms with Crippen LogP contribution in [0.1, 0.15) is 21.5 Å². The van der Waals surface area contributed by atoms with Crippen LogP contribution in [0.15, 0.2) is 47.5 Å². The Labute approximate surface area is 155 Å². The molecule has 138 valence electrons. The molecule has 0 atom stereocenters. The van der Waals surface area contributed by atoms with Crippen molar-refractivity contribution in [1.82, 2.24) is 10.2 Å². The minimum Gasteiger partial charge on any atom is -0.496 e. The fourth-order valence-corrected chi connectivity index (χ4v) is 2.55. The predicted molar refractivity (Wildman–Crippen MR) is 102 cm³/mol. The van der Waals surface area contributed by atoms with E-state index < -0.39 is 11.7 Å². The zero-order valence-corrected chi connectivity index (χ0v) is 14.8. The second-order valence-corrected chi connectivity index (χ2v) is 5.80. The third-order valence-electron chi connectivity index (χ3n) is 3.80. The number of amides is 1. The summed E-state index contributed by atoms with van der Waals surface area (Å²) in [5.74, 6) is -0.279. The van der Waals surface area contributed by atoms with Crippen molar-refractivity contribution >= 4 is 29.4 Å². The number of halogens is 1. The first-order valence-corrected chi connectivity index (χ1v) is 8.07. The van der Waals surface area contributed by atoms with Gasteiger partial charge in [0.15, 0.2) is 5.82 Å². The predicted octanol–water partition coefficient (Wildman–Crippen LogP) is 3.46. The van der Waals surface area contributed by atoms with Gasteiger partial charge in [0.05, 0.1) is 7.11 Å². The number of aryl methyl sites for hydroxylation is 1. The van der Waals surface area contributed by atoms with E-state index in [1.54, 1.807) is 0 Å². The second kappa shape index (κ2) is 7.69. The van der Waals surface area contributed by atoms with Crippen LogP contribution < -0.4 is 15.8 Å². The van der Waals surface area contributed by atoms with E-state index in [9.17, 15) is 9.18 Å². The van der Waals surface area contributed by atoms with Crippen molar-refractivity contribution in [2.24, 2.45) is 10.7 Å². The van der Waals surface area contributed by atoms with E-state index in [1.165, 1.54) is 31.5 Å². The number of aliphatic imine (C=N–C) groups is 1. The lowest BCUT2D eigenvalue weighted by Crippen LogP contribution is -2.12. The van der Waals surface area contributed by atoms with Crippen LogP contribution in [-0.2, 0) is 0 Å². The van der Waals surface area contributed by atoms with Crippen molar-refractivity contribution in [1.29, 1.82) is 0 Å². The molecule has 0 spiro atoms. The van der Waals surface area contributed by atoms with E-state index in [0.717, 1.165) is 11.3 Å². The lowest BCUT2D eigenvalue weighted by Gasteiger charge is -2.06. The quantitative estimate of drug-likeness (QED) is 0.580. The molecule has 0 radical (unpaired) electrons. The van der Waals surface area contributed by atoms with Crippen LogP contribution >= 0.6 is 0 Å². The van der Waals surface area contributed by atoms with Gasteiger partial charge in [-0.2, -0.15) is 5.10 Å². The minimum absolute atomic E-state index is 0.0870. The molecule has 1 aromatic heterocycles. The summed E-state index contributed by atoms with van der Waals surface area (Å²) in [5, 5.41) is 9.81. The van der Waals surface area contributed by atoms with Gasteiger partial charge in [-0.1, -0.05) is 12.1 Å². The Morgan fingerprint density at radius 2 is 2.15 bits per heavy atom. The smallest absolute Gasteiger partial charge is 0.256 e. The molecule has 3 rings (SSSR count). The molecular weight excluding hydrogens is 349 g/mol. The Morgan fingerprint density at radius 3 is 2.85 bits per heavy atom. The van der Waals surface area contributed by atoms with Gasteiger partial charge in [0.2, 0.25) is 0 Å². The van der Waals surface area contributed by atoms with Gasteiger partial charge in [-0.05, 0) is 42.8 Å². The number of ether oxygens (including phenoxy) is 1. The number of nitrogens with one attached hydrogen (secondary N) is 2. The maximum atomic E-state index is 13.5. The first-order valence-electron chi connectivity index (χ1n) is 8.07. The SMILES string of the molecule is COc1ccc(F)cc1C=Nc1n[nH]c(Nc2cccc(C)c2)c1C(N)=O. The topological polar surface area (TPSA) is 105 Å². The third kappa shape index (κ3) is 4.12. The van der Waals surface area contributed by atoms with Crippen molar-refractivity contribution in [2.45, 2.75) is 6.92 Å². The van der Waals surface area contributed by atoms with Gasteiger partial charge >= 0.3 is 0 Å². The number of hydrogen-bond acceptors (Lipinski definition) is 5. The lowest BCUT2D eigenvalue weighted by atomic mass is 10.2. The first-order chi connectivity index (χ1) is 13.0. The highest BCUT2D eigenvalue weighted by Gasteiger charge is 2.18. The molecule has 0 aliphatic rings. The van der Waals surface area contributed by atoms with Gasteiger partial charge in [0.25, 0.3) is 5.91 Å². The number of carbonyl (C=O) groups is 1. The average Bonchev–Trinajstić information content (AvgIpc) is 3.03. The first kappa shape index (κ1) is 18.1. The molecule has 2 aromatic carbocycles. The summed E-state index contributed by atoms with van der Waals surface area (Å²) in [4.78, 5) is 16.1. The maximum absolute atomic E-state index is 13.5. The lowest BCUT2D eigenvalue weighted by molar-refractivity contribution is 0.100. The molecule has 0 aliphatic heterocycles. The highest BCUT2D eigenvalue weighted by Crippen LogP contribution is 2.27. The molecular formula is C19H18FN5O2. The summed E-state index contributed by atoms with van der Waals surface area (Å²) < 4.78 is 18.6. The summed E-state index contributed by atoms with van der Waals surface area (Å²) in [6, 6.07) is 11.6. The highest BCUT2D eigenvalue weighted by molar-refractivity contribution is 6.03. The van der Waals surface area contributed by atoms with E-state index in [2.05, 4.69) is 20.5 Å². The Balaban J connectivity index is 1.94. The number of H-pyrrole nitrogens is 1. The Kier molecular flexibility index (Phi) is 5.16. The number of hydrogen-bond donors (Lipinski definition) is 3. The van der Waals surface area contributed by atoms with Gasteiger partial charge < -0.3 is 15.8 Å². The summed E-state index contributed by atoms with van der Waals surface area (Å²) in [5.41, 5.74) is 7.82. The number of anilines is 2. The normalized spacial score (nSPS) is 10.9. The molecule has 1 amide bonds. The van der Waals surface area contributed by atoms with Crippen LogP contribution in [0.2, 0.25) is 0 Å². The number of methoxy groups -OCH3 is 1. The third-order valence-corrected chi connectivity index (χ3v) is 3.80. The maximum Gasteiger partial charge on any atom is 0.256 e. The Bertz CT molecular complexity index is 1010. The zero-order valence-electron chi connectivity index (χ0n) is 14.8. The highest BCUT2D eigenvalue weighted by atomic mass is 19.1. The minimum atomic E-state index is -0.697. The molecule has 0 saturated heterocycles. The number of aromatic amines is 1. The molecule has 7 nitrogen and oxygen atoms in total. The molecule has 27 heavy (non-hydrogen) atoms. The Morgan fingerprint density at radius 1 is 1.33 bits per heavy atom. The van der Waals surface area contributed by atoms with E-state index in [1.807, 2.05) is 31.2 Å². The number of aromatic nitrogens is 2. The molecule has 8 heteroatoms. The van der Waals surface area contributed by atoms with Crippen molar-refractivity contribution in [3.63, 3.8) is 0 Å². The number of primary amides is 1. The van der Waals surface area contributed by atoms with Crippen molar-refractivity contribution < 1.29 is 13.9 Å². The standard InChI is InChI=1S/C19H18FN5O2/c1-11-4-3-5-14(8-11)23-19-16(17(21)26)18(24-25-19)22-10-12-9-13(20)6-7-15(12)27-2/h3-10H,1-2H3,(H2,21,26)(H2,23,24,25). The van der Waals surface area contributed by atoms with Crippen LogP contribution in [0.4, 0.5) is 21.7 Å². The molecule has 0 unspecified atom stereocenters. The number of nitrogens with zero attached hydrogens (tertiary/aromatic N) is 2. The van der Waals surface area contributed by atoms with E-state index in [4.69, 9.17) is 10.5 Å². The molecule has 0 fully saturated rings. The molecule has 3 aromatic rings. The van der Waals surface area contributed by atoms with Crippen molar-refractivity contribution in [3.8, 4) is 5.75 Å². The zero-order chi connectivity index (χ0) is 19.4. The number of carbonyl (C=O) groups excluding carboxylic acids is 1. The van der Waals surface area contributed by atoms with E-state index in [0.29, 0.717) is 17.1 Å². The molecule has 0 bridgehead atoms. The number of nitrogens with two attached hydrogens (primary N) is 1. The fraction of sp³-hybridized carbons (Fsp3) is 0.105. The summed E-state index contributed by atoms with van der Waals surface area (Å²) >= 11 is 0. The van der Waals surface area contributed by atoms with Gasteiger partial charge in [-0.15, -0.1) is 0 Å². The largest absolute Gasteiger partial charge is 0.496 e. The van der Waals surface area contributed by atoms with Gasteiger partial charge in [-0.25, -0.2) is 9.38 Å². The van der Waals surface area contributed by atoms with Gasteiger partial charge in [-0.3, -0.25) is 9.89 Å². The van der Waals surface area contributed by atoms with Crippen molar-refractivity contribution in [2.75, 3.05) is 12.4 Å². The van der Waals surface area contributed by atoms with Crippen LogP contribution in [0, 0.1) is 12.7 Å². The van der Waals surface area contributed by atoms with Gasteiger partial charge in [0, 0.05) is 17.5 Å². The molecule has 0 aliphatic carbocycles. The van der Waals surface area contributed by atoms with Crippen LogP contribution in [0.3, 0.4) is 0 Å². The Hall–Kier alpha value is -3.68. The molecule has 0 saturated carbocycles. The number of rotatable bonds is 6. The van der Waals surface area contributed by atoms with Crippen molar-refractivity contribution in [3.05, 3.63) is 65.0 Å². The van der Waals surface area contributed by atoms with Crippen LogP contribution in [0.5, 0.6) is 5.75 Å². The summed E-state index contributed by atoms with van der Waals surface area (Å²) in [6.45, 7) is 1.95. The fourth-order valence-electron chi connectivity index (χ4n) is 2.55. The van der Waals surface area contributed by atoms with Crippen LogP contribution in [0.25, 0.3) is 0 Å². The molecule has 1 heterocycles. The summed E-state index contributed by atoms with van der Waals surface area (Å²) in [6.07, 6.45) is 1.36. The average molecular weight is 367 g/mol. The van der Waals surface area contributed by atoms with E-state index in [-0.39, 0.29) is 11.4 Å². The van der Waals surface area contributed by atoms with Crippen LogP contribution in [-0.4, -0.2) is 29.4 Å².